The molecule has 0 spiro atoms. The summed E-state index contributed by atoms with van der Waals surface area (Å²) in [5.74, 6) is -1.11. The van der Waals surface area contributed by atoms with Crippen molar-refractivity contribution in [3.05, 3.63) is 0 Å². The van der Waals surface area contributed by atoms with E-state index in [0.717, 1.165) is 0 Å². The van der Waals surface area contributed by atoms with Crippen LogP contribution in [0.15, 0.2) is 0 Å². The van der Waals surface area contributed by atoms with E-state index in [1.54, 1.807) is 0 Å². The van der Waals surface area contributed by atoms with Crippen molar-refractivity contribution in [2.45, 2.75) is 24.1 Å². The molecule has 0 radical (unpaired) electrons. The zero-order valence-electron chi connectivity index (χ0n) is 7.02. The van der Waals surface area contributed by atoms with Gasteiger partial charge >= 0.3 is 5.97 Å². The average Bonchev–Trinajstić information content (AvgIpc) is 2.31. The SMILES string of the molecule is CC1(C(=O)O)CC(S(=O)(=O)O)CN1. The molecule has 0 aromatic carbocycles. The van der Waals surface area contributed by atoms with Gasteiger partial charge in [-0.3, -0.25) is 9.35 Å². The van der Waals surface area contributed by atoms with E-state index in [9.17, 15) is 13.2 Å². The number of hydrogen-bond acceptors (Lipinski definition) is 4. The molecular formula is C6H11NO5S. The first-order valence-electron chi connectivity index (χ1n) is 3.70. The summed E-state index contributed by atoms with van der Waals surface area (Å²) in [4.78, 5) is 10.7. The van der Waals surface area contributed by atoms with E-state index in [1.165, 1.54) is 6.92 Å². The molecule has 1 saturated heterocycles. The first kappa shape index (κ1) is 10.4. The van der Waals surface area contributed by atoms with Crippen molar-refractivity contribution in [1.82, 2.24) is 5.32 Å². The highest BCUT2D eigenvalue weighted by Gasteiger charge is 2.45. The van der Waals surface area contributed by atoms with Gasteiger partial charge < -0.3 is 10.4 Å². The second-order valence-electron chi connectivity index (χ2n) is 3.36. The number of carbonyl (C=O) groups is 1. The van der Waals surface area contributed by atoms with E-state index in [-0.39, 0.29) is 13.0 Å². The van der Waals surface area contributed by atoms with Crippen molar-refractivity contribution in [2.24, 2.45) is 0 Å². The Labute approximate surface area is 75.7 Å². The van der Waals surface area contributed by atoms with Crippen molar-refractivity contribution in [2.75, 3.05) is 6.54 Å². The Morgan fingerprint density at radius 1 is 1.62 bits per heavy atom. The van der Waals surface area contributed by atoms with Gasteiger partial charge in [-0.15, -0.1) is 0 Å². The average molecular weight is 209 g/mol. The highest BCUT2D eigenvalue weighted by molar-refractivity contribution is 7.86. The van der Waals surface area contributed by atoms with Crippen LogP contribution in [-0.2, 0) is 14.9 Å². The minimum atomic E-state index is -4.13. The van der Waals surface area contributed by atoms with Gasteiger partial charge in [0.05, 0.1) is 0 Å². The monoisotopic (exact) mass is 209 g/mol. The standard InChI is InChI=1S/C6H11NO5S/c1-6(5(8)9)2-4(3-7-6)13(10,11)12/h4,7H,2-3H2,1H3,(H,8,9)(H,10,11,12). The van der Waals surface area contributed by atoms with Crippen LogP contribution >= 0.6 is 0 Å². The predicted octanol–water partition coefficient (Wildman–Crippen LogP) is -0.921. The first-order valence-corrected chi connectivity index (χ1v) is 5.21. The molecule has 76 valence electrons. The summed E-state index contributed by atoms with van der Waals surface area (Å²) in [6.45, 7) is 1.36. The zero-order chi connectivity index (χ0) is 10.3. The lowest BCUT2D eigenvalue weighted by Gasteiger charge is -2.17. The fraction of sp³-hybridized carbons (Fsp3) is 0.833. The quantitative estimate of drug-likeness (QED) is 0.508. The molecular weight excluding hydrogens is 198 g/mol. The third-order valence-corrected chi connectivity index (χ3v) is 3.42. The van der Waals surface area contributed by atoms with Gasteiger partial charge in [-0.2, -0.15) is 8.42 Å². The summed E-state index contributed by atoms with van der Waals surface area (Å²) in [6.07, 6.45) is -0.110. The van der Waals surface area contributed by atoms with Crippen molar-refractivity contribution < 1.29 is 22.9 Å². The molecule has 3 N–H and O–H groups in total. The Hall–Kier alpha value is -0.660. The molecule has 1 heterocycles. The molecule has 13 heavy (non-hydrogen) atoms. The lowest BCUT2D eigenvalue weighted by atomic mass is 10.0. The summed E-state index contributed by atoms with van der Waals surface area (Å²) in [7, 11) is -4.13. The van der Waals surface area contributed by atoms with Crippen LogP contribution in [0, 0.1) is 0 Å². The van der Waals surface area contributed by atoms with Gasteiger partial charge in [0.15, 0.2) is 0 Å². The molecule has 1 rings (SSSR count). The second-order valence-corrected chi connectivity index (χ2v) is 5.06. The van der Waals surface area contributed by atoms with Gasteiger partial charge in [-0.25, -0.2) is 0 Å². The molecule has 7 heteroatoms. The summed E-state index contributed by atoms with van der Waals surface area (Å²) >= 11 is 0. The Balaban J connectivity index is 2.81. The molecule has 0 saturated carbocycles. The molecule has 0 aliphatic carbocycles. The smallest absolute Gasteiger partial charge is 0.323 e. The third kappa shape index (κ3) is 1.98. The molecule has 0 aromatic heterocycles. The topological polar surface area (TPSA) is 104 Å². The van der Waals surface area contributed by atoms with Crippen molar-refractivity contribution >= 4 is 16.1 Å². The Morgan fingerprint density at radius 2 is 2.15 bits per heavy atom. The molecule has 0 aromatic rings. The summed E-state index contributed by atoms with van der Waals surface area (Å²) in [5, 5.41) is 10.2. The molecule has 1 aliphatic heterocycles. The lowest BCUT2D eigenvalue weighted by Crippen LogP contribution is -2.44. The normalized spacial score (nSPS) is 34.8. The van der Waals surface area contributed by atoms with Crippen LogP contribution in [0.4, 0.5) is 0 Å². The minimum absolute atomic E-state index is 0.0262. The first-order chi connectivity index (χ1) is 5.76. The molecule has 6 nitrogen and oxygen atoms in total. The fourth-order valence-electron chi connectivity index (χ4n) is 1.31. The maximum atomic E-state index is 10.7. The highest BCUT2D eigenvalue weighted by Crippen LogP contribution is 2.23. The van der Waals surface area contributed by atoms with Gasteiger partial charge in [-0.1, -0.05) is 0 Å². The highest BCUT2D eigenvalue weighted by atomic mass is 32.2. The fourth-order valence-corrected chi connectivity index (χ4v) is 2.15. The number of rotatable bonds is 2. The largest absolute Gasteiger partial charge is 0.480 e. The van der Waals surface area contributed by atoms with Crippen LogP contribution in [0.1, 0.15) is 13.3 Å². The number of aliphatic carboxylic acids is 1. The van der Waals surface area contributed by atoms with Gasteiger partial charge in [-0.05, 0) is 13.3 Å². The minimum Gasteiger partial charge on any atom is -0.480 e. The Kier molecular flexibility index (Phi) is 2.35. The molecule has 0 amide bonds. The maximum absolute atomic E-state index is 10.7. The summed E-state index contributed by atoms with van der Waals surface area (Å²) in [5.41, 5.74) is -1.25. The van der Waals surface area contributed by atoms with Crippen molar-refractivity contribution in [3.8, 4) is 0 Å². The van der Waals surface area contributed by atoms with Crippen LogP contribution in [0.3, 0.4) is 0 Å². The Morgan fingerprint density at radius 3 is 2.38 bits per heavy atom. The van der Waals surface area contributed by atoms with E-state index < -0.39 is 26.9 Å². The number of hydrogen-bond donors (Lipinski definition) is 3. The van der Waals surface area contributed by atoms with Gasteiger partial charge in [0.2, 0.25) is 0 Å². The van der Waals surface area contributed by atoms with E-state index in [4.69, 9.17) is 9.66 Å². The number of carboxylic acid groups (broad SMARTS) is 1. The molecule has 2 unspecified atom stereocenters. The van der Waals surface area contributed by atoms with E-state index >= 15 is 0 Å². The van der Waals surface area contributed by atoms with Crippen LogP contribution < -0.4 is 5.32 Å². The van der Waals surface area contributed by atoms with Crippen LogP contribution in [0.2, 0.25) is 0 Å². The lowest BCUT2D eigenvalue weighted by molar-refractivity contribution is -0.143. The van der Waals surface area contributed by atoms with Crippen LogP contribution in [-0.4, -0.2) is 41.4 Å². The molecule has 0 bridgehead atoms. The predicted molar refractivity (Wildman–Crippen MR) is 44.0 cm³/mol. The maximum Gasteiger partial charge on any atom is 0.323 e. The van der Waals surface area contributed by atoms with Gasteiger partial charge in [0.25, 0.3) is 10.1 Å². The number of nitrogens with one attached hydrogen (secondary N) is 1. The third-order valence-electron chi connectivity index (χ3n) is 2.25. The Bertz CT molecular complexity index is 324. The van der Waals surface area contributed by atoms with Crippen LogP contribution in [0.5, 0.6) is 0 Å². The summed E-state index contributed by atoms with van der Waals surface area (Å²) in [6, 6.07) is 0. The van der Waals surface area contributed by atoms with E-state index in [2.05, 4.69) is 5.32 Å². The second kappa shape index (κ2) is 2.93. The molecule has 1 fully saturated rings. The molecule has 2 atom stereocenters. The van der Waals surface area contributed by atoms with Gasteiger partial charge in [0.1, 0.15) is 10.8 Å². The van der Waals surface area contributed by atoms with E-state index in [0.29, 0.717) is 0 Å². The summed E-state index contributed by atoms with van der Waals surface area (Å²) < 4.78 is 30.0. The number of carboxylic acids is 1. The molecule has 1 aliphatic rings. The van der Waals surface area contributed by atoms with Crippen molar-refractivity contribution in [3.63, 3.8) is 0 Å². The van der Waals surface area contributed by atoms with E-state index in [1.807, 2.05) is 0 Å². The van der Waals surface area contributed by atoms with Gasteiger partial charge in [0, 0.05) is 6.54 Å². The zero-order valence-corrected chi connectivity index (χ0v) is 7.84. The van der Waals surface area contributed by atoms with Crippen LogP contribution in [0.25, 0.3) is 0 Å². The van der Waals surface area contributed by atoms with Crippen molar-refractivity contribution in [1.29, 1.82) is 0 Å².